The predicted octanol–water partition coefficient (Wildman–Crippen LogP) is 12.7. The lowest BCUT2D eigenvalue weighted by molar-refractivity contribution is 0.372. The molecule has 0 aliphatic heterocycles. The second-order valence-electron chi connectivity index (χ2n) is 15.8. The summed E-state index contributed by atoms with van der Waals surface area (Å²) in [6.45, 7) is 17.8. The molecule has 0 aliphatic rings. The first-order chi connectivity index (χ1) is 24.7. The highest BCUT2D eigenvalue weighted by Gasteiger charge is 2.34. The molecule has 52 heavy (non-hydrogen) atoms. The van der Waals surface area contributed by atoms with Crippen molar-refractivity contribution in [2.75, 3.05) is 0 Å². The van der Waals surface area contributed by atoms with Gasteiger partial charge < -0.3 is 13.9 Å². The van der Waals surface area contributed by atoms with Gasteiger partial charge in [-0.1, -0.05) is 201 Å². The van der Waals surface area contributed by atoms with Gasteiger partial charge in [0.25, 0.3) is 0 Å². The van der Waals surface area contributed by atoms with E-state index in [9.17, 15) is 4.89 Å². The van der Waals surface area contributed by atoms with Crippen LogP contribution < -0.4 is 9.05 Å². The Bertz CT molecular complexity index is 1930. The number of benzene rings is 6. The molecule has 0 unspecified atom stereocenters. The topological polar surface area (TPSA) is 38.7 Å². The molecule has 6 rings (SSSR count). The van der Waals surface area contributed by atoms with Gasteiger partial charge in [0.05, 0.1) is 0 Å². The zero-order chi connectivity index (χ0) is 37.1. The maximum absolute atomic E-state index is 11.7. The van der Waals surface area contributed by atoms with Crippen LogP contribution >= 0.6 is 8.60 Å². The van der Waals surface area contributed by atoms with E-state index in [0.29, 0.717) is 11.5 Å². The van der Waals surface area contributed by atoms with E-state index in [1.165, 1.54) is 11.1 Å². The first kappa shape index (κ1) is 37.1. The van der Waals surface area contributed by atoms with Crippen LogP contribution in [0.15, 0.2) is 158 Å². The summed E-state index contributed by atoms with van der Waals surface area (Å²) in [6.07, 6.45) is 0. The van der Waals surface area contributed by atoms with Crippen molar-refractivity contribution >= 4 is 8.60 Å². The van der Waals surface area contributed by atoms with Crippen LogP contribution in [0.25, 0.3) is 0 Å². The first-order valence-electron chi connectivity index (χ1n) is 18.1. The molecule has 0 fully saturated rings. The zero-order valence-electron chi connectivity index (χ0n) is 31.7. The van der Waals surface area contributed by atoms with Gasteiger partial charge in [-0.25, -0.2) is 0 Å². The third-order valence-electron chi connectivity index (χ3n) is 11.1. The van der Waals surface area contributed by atoms with Crippen LogP contribution in [0.2, 0.25) is 0 Å². The highest BCUT2D eigenvalue weighted by atomic mass is 31.2. The van der Waals surface area contributed by atoms with Crippen LogP contribution in [0.4, 0.5) is 0 Å². The van der Waals surface area contributed by atoms with Crippen LogP contribution in [0.3, 0.4) is 0 Å². The molecular formula is C48H51O3P. The minimum absolute atomic E-state index is 0.255. The van der Waals surface area contributed by atoms with Gasteiger partial charge >= 0.3 is 8.60 Å². The van der Waals surface area contributed by atoms with E-state index in [0.717, 1.165) is 33.4 Å². The van der Waals surface area contributed by atoms with Crippen molar-refractivity contribution < 1.29 is 13.9 Å². The highest BCUT2D eigenvalue weighted by molar-refractivity contribution is 7.41. The Hall–Kier alpha value is -4.69. The fourth-order valence-electron chi connectivity index (χ4n) is 7.22. The quantitative estimate of drug-likeness (QED) is 0.129. The third kappa shape index (κ3) is 7.45. The molecule has 0 bridgehead atoms. The fraction of sp³-hybridized carbons (Fsp3) is 0.250. The van der Waals surface area contributed by atoms with Gasteiger partial charge in [0, 0.05) is 32.8 Å². The van der Waals surface area contributed by atoms with Crippen molar-refractivity contribution in [1.29, 1.82) is 0 Å². The second kappa shape index (κ2) is 14.7. The van der Waals surface area contributed by atoms with E-state index < -0.39 is 19.4 Å². The van der Waals surface area contributed by atoms with E-state index >= 15 is 0 Å². The van der Waals surface area contributed by atoms with Crippen LogP contribution in [0.1, 0.15) is 99.9 Å². The average Bonchev–Trinajstić information content (AvgIpc) is 3.16. The molecule has 3 nitrogen and oxygen atoms in total. The fourth-order valence-corrected chi connectivity index (χ4v) is 7.92. The average molecular weight is 707 g/mol. The standard InChI is InChI=1S/C48H51O3P/c1-45(2,35-21-13-9-14-22-35)39-29-31-43(41(33-39)47(5,6)37-25-17-11-18-26-37)50-52(49)51-44-32-30-40(46(3,4)36-23-15-10-16-24-36)34-42(44)48(7,8)38-27-19-12-20-28-38/h9-34,49H,1-8H3. The van der Waals surface area contributed by atoms with Crippen LogP contribution in [-0.2, 0) is 21.7 Å². The second-order valence-corrected chi connectivity index (χ2v) is 16.6. The van der Waals surface area contributed by atoms with Gasteiger partial charge in [-0.05, 0) is 45.5 Å². The Morgan fingerprint density at radius 1 is 0.346 bits per heavy atom. The van der Waals surface area contributed by atoms with Gasteiger partial charge in [0.15, 0.2) is 0 Å². The zero-order valence-corrected chi connectivity index (χ0v) is 32.6. The van der Waals surface area contributed by atoms with Crippen LogP contribution in [-0.4, -0.2) is 4.89 Å². The van der Waals surface area contributed by atoms with Crippen molar-refractivity contribution in [2.45, 2.75) is 77.0 Å². The van der Waals surface area contributed by atoms with Crippen molar-refractivity contribution in [2.24, 2.45) is 0 Å². The van der Waals surface area contributed by atoms with Gasteiger partial charge in [-0.3, -0.25) is 0 Å². The summed E-state index contributed by atoms with van der Waals surface area (Å²) in [5.41, 5.74) is 7.69. The van der Waals surface area contributed by atoms with E-state index in [1.807, 2.05) is 36.4 Å². The molecular weight excluding hydrogens is 655 g/mol. The Balaban J connectivity index is 1.40. The summed E-state index contributed by atoms with van der Waals surface area (Å²) < 4.78 is 12.9. The van der Waals surface area contributed by atoms with E-state index in [1.54, 1.807) is 0 Å². The highest BCUT2D eigenvalue weighted by Crippen LogP contribution is 2.48. The lowest BCUT2D eigenvalue weighted by Gasteiger charge is -2.33. The molecule has 0 aliphatic carbocycles. The maximum Gasteiger partial charge on any atom is 0.460 e. The normalized spacial score (nSPS) is 12.5. The molecule has 0 heterocycles. The van der Waals surface area contributed by atoms with Crippen molar-refractivity contribution in [3.05, 3.63) is 202 Å². The van der Waals surface area contributed by atoms with E-state index in [4.69, 9.17) is 9.05 Å². The van der Waals surface area contributed by atoms with Gasteiger partial charge in [-0.15, -0.1) is 0 Å². The Morgan fingerprint density at radius 3 is 0.904 bits per heavy atom. The van der Waals surface area contributed by atoms with Crippen LogP contribution in [0.5, 0.6) is 11.5 Å². The summed E-state index contributed by atoms with van der Waals surface area (Å²) in [6, 6.07) is 54.8. The molecule has 1 N–H and O–H groups in total. The first-order valence-corrected chi connectivity index (χ1v) is 19.2. The molecule has 0 saturated carbocycles. The van der Waals surface area contributed by atoms with E-state index in [-0.39, 0.29) is 10.8 Å². The maximum atomic E-state index is 11.7. The molecule has 0 atom stereocenters. The predicted molar refractivity (Wildman–Crippen MR) is 218 cm³/mol. The lowest BCUT2D eigenvalue weighted by atomic mass is 9.73. The van der Waals surface area contributed by atoms with Crippen molar-refractivity contribution in [3.63, 3.8) is 0 Å². The Morgan fingerprint density at radius 2 is 0.615 bits per heavy atom. The molecule has 4 heteroatoms. The minimum atomic E-state index is -2.36. The summed E-state index contributed by atoms with van der Waals surface area (Å²) in [7, 11) is -2.36. The monoisotopic (exact) mass is 706 g/mol. The molecule has 6 aromatic rings. The van der Waals surface area contributed by atoms with Crippen molar-refractivity contribution in [3.8, 4) is 11.5 Å². The molecule has 6 aromatic carbocycles. The molecule has 0 amide bonds. The van der Waals surface area contributed by atoms with Gasteiger partial charge in [0.1, 0.15) is 11.5 Å². The molecule has 266 valence electrons. The molecule has 0 saturated heterocycles. The summed E-state index contributed by atoms with van der Waals surface area (Å²) in [5, 5.41) is 0. The van der Waals surface area contributed by atoms with Gasteiger partial charge in [0.2, 0.25) is 0 Å². The lowest BCUT2D eigenvalue weighted by Crippen LogP contribution is -2.24. The summed E-state index contributed by atoms with van der Waals surface area (Å²) in [5.74, 6) is 1.20. The van der Waals surface area contributed by atoms with Crippen LogP contribution in [0, 0.1) is 0 Å². The van der Waals surface area contributed by atoms with Crippen molar-refractivity contribution in [1.82, 2.24) is 0 Å². The summed E-state index contributed by atoms with van der Waals surface area (Å²) in [4.78, 5) is 11.7. The SMILES string of the molecule is CC(C)(c1ccccc1)c1ccc(OP(O)Oc2ccc(C(C)(C)c3ccccc3)cc2C(C)(C)c2ccccc2)c(C(C)(C)c2ccccc2)c1. The smallest absolute Gasteiger partial charge is 0.418 e. The molecule has 0 aromatic heterocycles. The number of hydrogen-bond donors (Lipinski definition) is 1. The minimum Gasteiger partial charge on any atom is -0.418 e. The van der Waals surface area contributed by atoms with E-state index in [2.05, 4.69) is 177 Å². The summed E-state index contributed by atoms with van der Waals surface area (Å²) >= 11 is 0. The molecule has 0 spiro atoms. The number of hydrogen-bond acceptors (Lipinski definition) is 3. The Labute approximate surface area is 312 Å². The molecule has 0 radical (unpaired) electrons. The third-order valence-corrected chi connectivity index (χ3v) is 11.8. The Kier molecular flexibility index (Phi) is 10.5. The largest absolute Gasteiger partial charge is 0.460 e. The number of rotatable bonds is 12. The van der Waals surface area contributed by atoms with Gasteiger partial charge in [-0.2, -0.15) is 0 Å².